The summed E-state index contributed by atoms with van der Waals surface area (Å²) in [6.07, 6.45) is -2.57. The first-order valence-corrected chi connectivity index (χ1v) is 6.52. The number of nitrogens with zero attached hydrogens (tertiary/aromatic N) is 1. The first kappa shape index (κ1) is 13.7. The SMILES string of the molecule is NCc1ccc(Br)cc1N(CC(F)(F)F)C1CC1. The molecule has 2 nitrogen and oxygen atoms in total. The van der Waals surface area contributed by atoms with Gasteiger partial charge in [0.25, 0.3) is 0 Å². The van der Waals surface area contributed by atoms with E-state index in [9.17, 15) is 13.2 Å². The fraction of sp³-hybridized carbons (Fsp3) is 0.500. The number of hydrogen-bond acceptors (Lipinski definition) is 2. The van der Waals surface area contributed by atoms with Gasteiger partial charge in [-0.15, -0.1) is 0 Å². The highest BCUT2D eigenvalue weighted by Crippen LogP contribution is 2.37. The van der Waals surface area contributed by atoms with Gasteiger partial charge in [-0.3, -0.25) is 0 Å². The lowest BCUT2D eigenvalue weighted by Crippen LogP contribution is -2.36. The molecule has 1 fully saturated rings. The Hall–Kier alpha value is -0.750. The summed E-state index contributed by atoms with van der Waals surface area (Å²) in [5, 5.41) is 0. The number of halogens is 4. The fourth-order valence-electron chi connectivity index (χ4n) is 1.97. The Balaban J connectivity index is 2.32. The van der Waals surface area contributed by atoms with Crippen LogP contribution in [-0.2, 0) is 6.54 Å². The lowest BCUT2D eigenvalue weighted by Gasteiger charge is -2.28. The minimum absolute atomic E-state index is 0.00813. The second-order valence-electron chi connectivity index (χ2n) is 4.45. The van der Waals surface area contributed by atoms with Crippen LogP contribution in [0.5, 0.6) is 0 Å². The highest BCUT2D eigenvalue weighted by atomic mass is 79.9. The van der Waals surface area contributed by atoms with Crippen molar-refractivity contribution in [2.24, 2.45) is 5.73 Å². The third-order valence-corrected chi connectivity index (χ3v) is 3.41. The third-order valence-electron chi connectivity index (χ3n) is 2.91. The lowest BCUT2D eigenvalue weighted by atomic mass is 10.1. The molecular weight excluding hydrogens is 309 g/mol. The fourth-order valence-corrected chi connectivity index (χ4v) is 2.32. The summed E-state index contributed by atoms with van der Waals surface area (Å²) in [5.41, 5.74) is 6.93. The van der Waals surface area contributed by atoms with Gasteiger partial charge >= 0.3 is 6.18 Å². The van der Waals surface area contributed by atoms with Gasteiger partial charge in [-0.05, 0) is 30.5 Å². The Labute approximate surface area is 112 Å². The molecule has 18 heavy (non-hydrogen) atoms. The Kier molecular flexibility index (Phi) is 3.87. The van der Waals surface area contributed by atoms with Crippen LogP contribution in [0.2, 0.25) is 0 Å². The molecule has 0 amide bonds. The number of hydrogen-bond donors (Lipinski definition) is 1. The summed E-state index contributed by atoms with van der Waals surface area (Å²) < 4.78 is 38.7. The van der Waals surface area contributed by atoms with Crippen molar-refractivity contribution in [3.8, 4) is 0 Å². The van der Waals surface area contributed by atoms with E-state index in [2.05, 4.69) is 15.9 Å². The van der Waals surface area contributed by atoms with E-state index in [1.54, 1.807) is 18.2 Å². The van der Waals surface area contributed by atoms with Crippen LogP contribution in [0, 0.1) is 0 Å². The number of rotatable bonds is 4. The molecule has 1 aliphatic carbocycles. The van der Waals surface area contributed by atoms with Crippen molar-refractivity contribution >= 4 is 21.6 Å². The summed E-state index contributed by atoms with van der Waals surface area (Å²) in [5.74, 6) is 0. The van der Waals surface area contributed by atoms with Gasteiger partial charge < -0.3 is 10.6 Å². The average Bonchev–Trinajstić information content (AvgIpc) is 3.08. The van der Waals surface area contributed by atoms with Crippen molar-refractivity contribution in [1.82, 2.24) is 0 Å². The van der Waals surface area contributed by atoms with Crippen molar-refractivity contribution in [3.63, 3.8) is 0 Å². The van der Waals surface area contributed by atoms with Gasteiger partial charge in [0.15, 0.2) is 0 Å². The van der Waals surface area contributed by atoms with E-state index in [0.29, 0.717) is 5.69 Å². The van der Waals surface area contributed by atoms with Crippen molar-refractivity contribution in [2.45, 2.75) is 31.6 Å². The van der Waals surface area contributed by atoms with Gasteiger partial charge in [-0.2, -0.15) is 13.2 Å². The van der Waals surface area contributed by atoms with E-state index in [0.717, 1.165) is 22.9 Å². The Morgan fingerprint density at radius 1 is 1.33 bits per heavy atom. The van der Waals surface area contributed by atoms with Crippen LogP contribution in [0.3, 0.4) is 0 Å². The van der Waals surface area contributed by atoms with E-state index in [4.69, 9.17) is 5.73 Å². The molecule has 2 rings (SSSR count). The highest BCUT2D eigenvalue weighted by Gasteiger charge is 2.38. The van der Waals surface area contributed by atoms with Gasteiger partial charge in [-0.25, -0.2) is 0 Å². The summed E-state index contributed by atoms with van der Waals surface area (Å²) in [6.45, 7) is -0.676. The van der Waals surface area contributed by atoms with Crippen LogP contribution in [0.4, 0.5) is 18.9 Å². The van der Waals surface area contributed by atoms with Crippen LogP contribution in [0.25, 0.3) is 0 Å². The van der Waals surface area contributed by atoms with Gasteiger partial charge in [-0.1, -0.05) is 22.0 Å². The molecule has 6 heteroatoms. The molecule has 1 aromatic rings. The largest absolute Gasteiger partial charge is 0.405 e. The Morgan fingerprint density at radius 3 is 2.50 bits per heavy atom. The molecule has 1 aliphatic rings. The summed E-state index contributed by atoms with van der Waals surface area (Å²) in [6, 6.07) is 5.27. The molecule has 0 unspecified atom stereocenters. The van der Waals surface area contributed by atoms with E-state index in [-0.39, 0.29) is 12.6 Å². The van der Waals surface area contributed by atoms with Crippen LogP contribution in [-0.4, -0.2) is 18.8 Å². The van der Waals surface area contributed by atoms with Crippen molar-refractivity contribution in [2.75, 3.05) is 11.4 Å². The van der Waals surface area contributed by atoms with Gasteiger partial charge in [0.2, 0.25) is 0 Å². The third kappa shape index (κ3) is 3.38. The van der Waals surface area contributed by atoms with Gasteiger partial charge in [0.05, 0.1) is 0 Å². The Bertz CT molecular complexity index is 430. The smallest absolute Gasteiger partial charge is 0.359 e. The van der Waals surface area contributed by atoms with Gasteiger partial charge in [0.1, 0.15) is 6.54 Å². The molecule has 0 spiro atoms. The standard InChI is InChI=1S/C12H14BrF3N2/c13-9-2-1-8(6-17)11(5-9)18(10-3-4-10)7-12(14,15)16/h1-2,5,10H,3-4,6-7,17H2. The van der Waals surface area contributed by atoms with E-state index in [1.165, 1.54) is 4.90 Å². The predicted octanol–water partition coefficient (Wildman–Crippen LogP) is 3.44. The molecule has 1 saturated carbocycles. The van der Waals surface area contributed by atoms with Crippen molar-refractivity contribution in [1.29, 1.82) is 0 Å². The van der Waals surface area contributed by atoms with E-state index >= 15 is 0 Å². The zero-order valence-electron chi connectivity index (χ0n) is 9.67. The van der Waals surface area contributed by atoms with E-state index < -0.39 is 12.7 Å². The van der Waals surface area contributed by atoms with Crippen molar-refractivity contribution < 1.29 is 13.2 Å². The average molecular weight is 323 g/mol. The molecule has 0 heterocycles. The van der Waals surface area contributed by atoms with Crippen LogP contribution >= 0.6 is 15.9 Å². The minimum atomic E-state index is -4.20. The maximum atomic E-state index is 12.6. The number of alkyl halides is 3. The Morgan fingerprint density at radius 2 is 2.00 bits per heavy atom. The number of nitrogens with two attached hydrogens (primary N) is 1. The first-order chi connectivity index (χ1) is 8.40. The number of benzene rings is 1. The summed E-state index contributed by atoms with van der Waals surface area (Å²) in [7, 11) is 0. The zero-order chi connectivity index (χ0) is 13.3. The quantitative estimate of drug-likeness (QED) is 0.920. The van der Waals surface area contributed by atoms with Crippen LogP contribution < -0.4 is 10.6 Å². The molecule has 1 aromatic carbocycles. The monoisotopic (exact) mass is 322 g/mol. The predicted molar refractivity (Wildman–Crippen MR) is 68.5 cm³/mol. The molecule has 0 bridgehead atoms. The lowest BCUT2D eigenvalue weighted by molar-refractivity contribution is -0.120. The first-order valence-electron chi connectivity index (χ1n) is 5.72. The molecule has 0 atom stereocenters. The van der Waals surface area contributed by atoms with Crippen LogP contribution in [0.15, 0.2) is 22.7 Å². The summed E-state index contributed by atoms with van der Waals surface area (Å²) >= 11 is 3.29. The van der Waals surface area contributed by atoms with Crippen molar-refractivity contribution in [3.05, 3.63) is 28.2 Å². The molecule has 0 aromatic heterocycles. The maximum absolute atomic E-state index is 12.6. The summed E-state index contributed by atoms with van der Waals surface area (Å²) in [4.78, 5) is 1.42. The van der Waals surface area contributed by atoms with Gasteiger partial charge in [0, 0.05) is 22.7 Å². The highest BCUT2D eigenvalue weighted by molar-refractivity contribution is 9.10. The second-order valence-corrected chi connectivity index (χ2v) is 5.37. The topological polar surface area (TPSA) is 29.3 Å². The molecule has 100 valence electrons. The molecule has 0 radical (unpaired) electrons. The number of anilines is 1. The zero-order valence-corrected chi connectivity index (χ0v) is 11.3. The molecule has 0 aliphatic heterocycles. The molecule has 2 N–H and O–H groups in total. The minimum Gasteiger partial charge on any atom is -0.359 e. The van der Waals surface area contributed by atoms with Crippen LogP contribution in [0.1, 0.15) is 18.4 Å². The second kappa shape index (κ2) is 5.09. The molecule has 0 saturated heterocycles. The van der Waals surface area contributed by atoms with E-state index in [1.807, 2.05) is 0 Å². The molecular formula is C12H14BrF3N2. The maximum Gasteiger partial charge on any atom is 0.405 e. The normalized spacial score (nSPS) is 15.8.